The van der Waals surface area contributed by atoms with Gasteiger partial charge in [-0.1, -0.05) is 20.8 Å². The summed E-state index contributed by atoms with van der Waals surface area (Å²) >= 11 is 0. The van der Waals surface area contributed by atoms with Crippen molar-refractivity contribution in [3.63, 3.8) is 0 Å². The van der Waals surface area contributed by atoms with Crippen molar-refractivity contribution >= 4 is 17.7 Å². The van der Waals surface area contributed by atoms with Gasteiger partial charge in [-0.15, -0.1) is 0 Å². The van der Waals surface area contributed by atoms with Crippen molar-refractivity contribution in [3.8, 4) is 0 Å². The zero-order valence-electron chi connectivity index (χ0n) is 16.6. The van der Waals surface area contributed by atoms with E-state index in [9.17, 15) is 14.4 Å². The fourth-order valence-electron chi connectivity index (χ4n) is 2.07. The van der Waals surface area contributed by atoms with E-state index in [-0.39, 0.29) is 36.0 Å². The molecule has 0 saturated heterocycles. The lowest BCUT2D eigenvalue weighted by Crippen LogP contribution is -2.38. The van der Waals surface area contributed by atoms with Crippen LogP contribution >= 0.6 is 0 Å². The Morgan fingerprint density at radius 1 is 0.846 bits per heavy atom. The van der Waals surface area contributed by atoms with Gasteiger partial charge in [-0.2, -0.15) is 0 Å². The fourth-order valence-corrected chi connectivity index (χ4v) is 2.07. The van der Waals surface area contributed by atoms with Crippen LogP contribution in [0.5, 0.6) is 0 Å². The first kappa shape index (κ1) is 24.3. The average Bonchev–Trinajstić information content (AvgIpc) is 2.59. The standard InChI is InChI=1S/C18H35N3O5/c1-5-8-19-15(22)6-7-16(23)21-14-18(2,3)13-17(24)20-9-10-26-12-11-25-4/h5-14H2,1-4H3,(H,19,22)(H,20,24)(H,21,23). The van der Waals surface area contributed by atoms with Gasteiger partial charge >= 0.3 is 0 Å². The highest BCUT2D eigenvalue weighted by atomic mass is 16.5. The van der Waals surface area contributed by atoms with E-state index in [0.717, 1.165) is 6.42 Å². The van der Waals surface area contributed by atoms with Crippen LogP contribution in [0.1, 0.15) is 46.5 Å². The number of ether oxygens (including phenoxy) is 2. The molecule has 0 saturated carbocycles. The number of hydrogen-bond donors (Lipinski definition) is 3. The molecular weight excluding hydrogens is 338 g/mol. The monoisotopic (exact) mass is 373 g/mol. The maximum Gasteiger partial charge on any atom is 0.220 e. The molecule has 152 valence electrons. The molecule has 0 rings (SSSR count). The normalized spacial score (nSPS) is 11.1. The van der Waals surface area contributed by atoms with Crippen LogP contribution in [0.25, 0.3) is 0 Å². The van der Waals surface area contributed by atoms with Gasteiger partial charge in [0.1, 0.15) is 0 Å². The lowest BCUT2D eigenvalue weighted by atomic mass is 9.89. The summed E-state index contributed by atoms with van der Waals surface area (Å²) in [6.07, 6.45) is 1.49. The van der Waals surface area contributed by atoms with E-state index in [0.29, 0.717) is 45.9 Å². The predicted octanol–water partition coefficient (Wildman–Crippen LogP) is 0.605. The molecule has 0 aromatic carbocycles. The Kier molecular flexibility index (Phi) is 13.6. The lowest BCUT2D eigenvalue weighted by molar-refractivity contribution is -0.127. The lowest BCUT2D eigenvalue weighted by Gasteiger charge is -2.24. The quantitative estimate of drug-likeness (QED) is 0.365. The molecule has 3 N–H and O–H groups in total. The topological polar surface area (TPSA) is 106 Å². The molecule has 0 radical (unpaired) electrons. The molecule has 0 heterocycles. The van der Waals surface area contributed by atoms with E-state index < -0.39 is 0 Å². The van der Waals surface area contributed by atoms with Gasteiger partial charge in [0, 0.05) is 46.0 Å². The van der Waals surface area contributed by atoms with Crippen LogP contribution in [0.4, 0.5) is 0 Å². The van der Waals surface area contributed by atoms with Crippen LogP contribution < -0.4 is 16.0 Å². The average molecular weight is 373 g/mol. The van der Waals surface area contributed by atoms with Crippen LogP contribution in [-0.4, -0.2) is 64.3 Å². The maximum atomic E-state index is 12.0. The van der Waals surface area contributed by atoms with Gasteiger partial charge in [0.2, 0.25) is 17.7 Å². The van der Waals surface area contributed by atoms with Crippen molar-refractivity contribution in [1.29, 1.82) is 0 Å². The Bertz CT molecular complexity index is 427. The maximum absolute atomic E-state index is 12.0. The molecule has 0 spiro atoms. The molecule has 8 nitrogen and oxygen atoms in total. The van der Waals surface area contributed by atoms with Gasteiger partial charge in [-0.25, -0.2) is 0 Å². The third-order valence-corrected chi connectivity index (χ3v) is 3.55. The zero-order chi connectivity index (χ0) is 19.8. The van der Waals surface area contributed by atoms with E-state index >= 15 is 0 Å². The van der Waals surface area contributed by atoms with Gasteiger partial charge in [-0.05, 0) is 11.8 Å². The highest BCUT2D eigenvalue weighted by Gasteiger charge is 2.22. The van der Waals surface area contributed by atoms with Crippen LogP contribution in [-0.2, 0) is 23.9 Å². The number of hydrogen-bond acceptors (Lipinski definition) is 5. The molecule has 0 aromatic heterocycles. The summed E-state index contributed by atoms with van der Waals surface area (Å²) in [5, 5.41) is 8.32. The second-order valence-electron chi connectivity index (χ2n) is 6.92. The molecule has 0 aliphatic rings. The van der Waals surface area contributed by atoms with Gasteiger partial charge in [0.05, 0.1) is 19.8 Å². The van der Waals surface area contributed by atoms with Crippen LogP contribution in [0.2, 0.25) is 0 Å². The van der Waals surface area contributed by atoms with E-state index in [1.54, 1.807) is 7.11 Å². The number of amides is 3. The van der Waals surface area contributed by atoms with Gasteiger partial charge in [0.25, 0.3) is 0 Å². The van der Waals surface area contributed by atoms with E-state index in [4.69, 9.17) is 9.47 Å². The largest absolute Gasteiger partial charge is 0.382 e. The van der Waals surface area contributed by atoms with Gasteiger partial charge in [-0.3, -0.25) is 14.4 Å². The molecule has 0 unspecified atom stereocenters. The predicted molar refractivity (Wildman–Crippen MR) is 99.6 cm³/mol. The minimum absolute atomic E-state index is 0.0847. The Labute approximate surface area is 156 Å². The Balaban J connectivity index is 3.89. The van der Waals surface area contributed by atoms with Crippen LogP contribution in [0.3, 0.4) is 0 Å². The zero-order valence-corrected chi connectivity index (χ0v) is 16.6. The number of carbonyl (C=O) groups excluding carboxylic acids is 3. The van der Waals surface area contributed by atoms with Crippen LogP contribution in [0, 0.1) is 5.41 Å². The van der Waals surface area contributed by atoms with Crippen LogP contribution in [0.15, 0.2) is 0 Å². The van der Waals surface area contributed by atoms with Crippen molar-refractivity contribution in [2.75, 3.05) is 46.6 Å². The molecule has 0 aliphatic heterocycles. The first-order chi connectivity index (χ1) is 12.3. The van der Waals surface area contributed by atoms with E-state index in [1.165, 1.54) is 0 Å². The highest BCUT2D eigenvalue weighted by Crippen LogP contribution is 2.18. The number of rotatable bonds is 15. The highest BCUT2D eigenvalue weighted by molar-refractivity contribution is 5.83. The number of nitrogens with one attached hydrogen (secondary N) is 3. The Morgan fingerprint density at radius 3 is 2.08 bits per heavy atom. The summed E-state index contributed by atoms with van der Waals surface area (Å²) < 4.78 is 10.1. The summed E-state index contributed by atoms with van der Waals surface area (Å²) in [5.41, 5.74) is -0.374. The second kappa shape index (κ2) is 14.5. The molecular formula is C18H35N3O5. The second-order valence-corrected chi connectivity index (χ2v) is 6.92. The summed E-state index contributed by atoms with van der Waals surface area (Å²) in [6, 6.07) is 0. The molecule has 3 amide bonds. The third-order valence-electron chi connectivity index (χ3n) is 3.55. The summed E-state index contributed by atoms with van der Waals surface area (Å²) in [4.78, 5) is 35.3. The molecule has 0 fully saturated rings. The minimum atomic E-state index is -0.374. The SMILES string of the molecule is CCCNC(=O)CCC(=O)NCC(C)(C)CC(=O)NCCOCCOC. The Hall–Kier alpha value is -1.67. The molecule has 0 aliphatic carbocycles. The number of carbonyl (C=O) groups is 3. The molecule has 8 heteroatoms. The third kappa shape index (κ3) is 14.7. The smallest absolute Gasteiger partial charge is 0.220 e. The first-order valence-corrected chi connectivity index (χ1v) is 9.17. The van der Waals surface area contributed by atoms with E-state index in [2.05, 4.69) is 16.0 Å². The van der Waals surface area contributed by atoms with Gasteiger partial charge in [0.15, 0.2) is 0 Å². The molecule has 0 atom stereocenters. The van der Waals surface area contributed by atoms with Crippen molar-refractivity contribution in [1.82, 2.24) is 16.0 Å². The first-order valence-electron chi connectivity index (χ1n) is 9.17. The summed E-state index contributed by atoms with van der Waals surface area (Å²) in [5.74, 6) is -0.386. The molecule has 0 aromatic rings. The number of methoxy groups -OCH3 is 1. The minimum Gasteiger partial charge on any atom is -0.382 e. The summed E-state index contributed by atoms with van der Waals surface area (Å²) in [6.45, 7) is 8.71. The van der Waals surface area contributed by atoms with Crippen molar-refractivity contribution < 1.29 is 23.9 Å². The van der Waals surface area contributed by atoms with Crippen molar-refractivity contribution in [3.05, 3.63) is 0 Å². The van der Waals surface area contributed by atoms with E-state index in [1.807, 2.05) is 20.8 Å². The van der Waals surface area contributed by atoms with Crippen molar-refractivity contribution in [2.45, 2.75) is 46.5 Å². The summed E-state index contributed by atoms with van der Waals surface area (Å²) in [7, 11) is 1.60. The molecule has 0 bridgehead atoms. The Morgan fingerprint density at radius 2 is 1.46 bits per heavy atom. The molecule has 26 heavy (non-hydrogen) atoms. The fraction of sp³-hybridized carbons (Fsp3) is 0.833. The van der Waals surface area contributed by atoms with Gasteiger partial charge < -0.3 is 25.4 Å². The van der Waals surface area contributed by atoms with Crippen molar-refractivity contribution in [2.24, 2.45) is 5.41 Å².